The van der Waals surface area contributed by atoms with Crippen LogP contribution in [0.25, 0.3) is 0 Å². The standard InChI is InChI=1S/C16H23N5O3S/c1-16(11-6-5-7-12(10-11)24-4)13(22)21(15(23)18-16)19-14(25)17-8-9-20(2)3/h5-7,10H,8-9H2,1-4H3,(H,18,23)(H2,17,19,25)/t16-/m1/s1. The van der Waals surface area contributed by atoms with Crippen LogP contribution in [0.2, 0.25) is 0 Å². The molecule has 1 fully saturated rings. The Balaban J connectivity index is 2.09. The molecule has 0 bridgehead atoms. The Labute approximate surface area is 152 Å². The van der Waals surface area contributed by atoms with Gasteiger partial charge in [-0.1, -0.05) is 12.1 Å². The number of hydrogen-bond donors (Lipinski definition) is 3. The van der Waals surface area contributed by atoms with Gasteiger partial charge in [-0.15, -0.1) is 0 Å². The number of nitrogens with one attached hydrogen (secondary N) is 3. The third-order valence-corrected chi connectivity index (χ3v) is 4.13. The first-order valence-corrected chi connectivity index (χ1v) is 8.19. The van der Waals surface area contributed by atoms with Gasteiger partial charge in [0.25, 0.3) is 5.91 Å². The minimum absolute atomic E-state index is 0.209. The lowest BCUT2D eigenvalue weighted by atomic mass is 9.92. The highest BCUT2D eigenvalue weighted by Gasteiger charge is 2.49. The lowest BCUT2D eigenvalue weighted by molar-refractivity contribution is -0.132. The van der Waals surface area contributed by atoms with Crippen molar-refractivity contribution in [1.82, 2.24) is 26.0 Å². The molecule has 0 saturated carbocycles. The number of carbonyl (C=O) groups excluding carboxylic acids is 2. The Morgan fingerprint density at radius 2 is 2.12 bits per heavy atom. The molecular weight excluding hydrogens is 342 g/mol. The highest BCUT2D eigenvalue weighted by atomic mass is 32.1. The number of ether oxygens (including phenoxy) is 1. The Kier molecular flexibility index (Phi) is 5.81. The summed E-state index contributed by atoms with van der Waals surface area (Å²) in [6, 6.07) is 6.45. The molecule has 0 radical (unpaired) electrons. The third kappa shape index (κ3) is 4.18. The predicted molar refractivity (Wildman–Crippen MR) is 98.0 cm³/mol. The SMILES string of the molecule is COc1cccc([C@@]2(C)NC(=O)N(NC(=S)NCCN(C)C)C2=O)c1. The minimum atomic E-state index is -1.20. The molecule has 25 heavy (non-hydrogen) atoms. The van der Waals surface area contributed by atoms with Gasteiger partial charge in [0.2, 0.25) is 0 Å². The summed E-state index contributed by atoms with van der Waals surface area (Å²) in [7, 11) is 5.42. The first kappa shape index (κ1) is 18.9. The number of urea groups is 1. The highest BCUT2D eigenvalue weighted by Crippen LogP contribution is 2.30. The highest BCUT2D eigenvalue weighted by molar-refractivity contribution is 7.80. The van der Waals surface area contributed by atoms with Crippen LogP contribution in [0.3, 0.4) is 0 Å². The van der Waals surface area contributed by atoms with Crippen LogP contribution in [0.5, 0.6) is 5.75 Å². The van der Waals surface area contributed by atoms with Gasteiger partial charge in [0.15, 0.2) is 5.11 Å². The number of imide groups is 1. The molecule has 136 valence electrons. The van der Waals surface area contributed by atoms with Crippen molar-refractivity contribution in [2.75, 3.05) is 34.3 Å². The van der Waals surface area contributed by atoms with Gasteiger partial charge >= 0.3 is 6.03 Å². The number of hydrazine groups is 1. The molecule has 3 N–H and O–H groups in total. The van der Waals surface area contributed by atoms with Gasteiger partial charge < -0.3 is 20.3 Å². The first-order chi connectivity index (χ1) is 11.8. The second-order valence-electron chi connectivity index (χ2n) is 6.10. The molecule has 9 heteroatoms. The van der Waals surface area contributed by atoms with Gasteiger partial charge in [0.05, 0.1) is 7.11 Å². The van der Waals surface area contributed by atoms with Gasteiger partial charge in [0, 0.05) is 13.1 Å². The van der Waals surface area contributed by atoms with Crippen LogP contribution in [-0.2, 0) is 10.3 Å². The molecule has 3 amide bonds. The van der Waals surface area contributed by atoms with E-state index in [4.69, 9.17) is 17.0 Å². The Morgan fingerprint density at radius 3 is 2.76 bits per heavy atom. The van der Waals surface area contributed by atoms with Crippen molar-refractivity contribution < 1.29 is 14.3 Å². The number of benzene rings is 1. The lowest BCUT2D eigenvalue weighted by Crippen LogP contribution is -2.51. The van der Waals surface area contributed by atoms with Crippen LogP contribution < -0.4 is 20.8 Å². The fourth-order valence-electron chi connectivity index (χ4n) is 2.40. The van der Waals surface area contributed by atoms with E-state index >= 15 is 0 Å². The Bertz CT molecular complexity index is 681. The molecule has 1 heterocycles. The number of methoxy groups -OCH3 is 1. The number of thiocarbonyl (C=S) groups is 1. The van der Waals surface area contributed by atoms with E-state index in [0.717, 1.165) is 11.6 Å². The molecule has 1 aliphatic rings. The summed E-state index contributed by atoms with van der Waals surface area (Å²) in [5.74, 6) is 0.163. The van der Waals surface area contributed by atoms with Gasteiger partial charge in [-0.05, 0) is 50.9 Å². The van der Waals surface area contributed by atoms with Gasteiger partial charge in [-0.2, -0.15) is 5.01 Å². The Hall–Kier alpha value is -2.39. The normalized spacial score (nSPS) is 19.8. The summed E-state index contributed by atoms with van der Waals surface area (Å²) in [5.41, 5.74) is 2.08. The molecule has 8 nitrogen and oxygen atoms in total. The summed E-state index contributed by atoms with van der Waals surface area (Å²) in [6.45, 7) is 3.01. The third-order valence-electron chi connectivity index (χ3n) is 3.90. The summed E-state index contributed by atoms with van der Waals surface area (Å²) < 4.78 is 5.19. The van der Waals surface area contributed by atoms with Crippen LogP contribution in [0.4, 0.5) is 4.79 Å². The van der Waals surface area contributed by atoms with Crippen LogP contribution >= 0.6 is 12.2 Å². The number of carbonyl (C=O) groups is 2. The maximum atomic E-state index is 12.8. The average Bonchev–Trinajstić information content (AvgIpc) is 2.79. The molecule has 1 atom stereocenters. The topological polar surface area (TPSA) is 85.9 Å². The van der Waals surface area contributed by atoms with Crippen molar-refractivity contribution in [1.29, 1.82) is 0 Å². The zero-order valence-electron chi connectivity index (χ0n) is 14.8. The number of hydrogen-bond acceptors (Lipinski definition) is 5. The molecular formula is C16H23N5O3S. The molecule has 0 unspecified atom stereocenters. The zero-order valence-corrected chi connectivity index (χ0v) is 15.6. The molecule has 0 aromatic heterocycles. The molecule has 1 aliphatic heterocycles. The van der Waals surface area contributed by atoms with E-state index in [1.54, 1.807) is 38.3 Å². The van der Waals surface area contributed by atoms with E-state index in [9.17, 15) is 9.59 Å². The molecule has 1 aromatic rings. The van der Waals surface area contributed by atoms with Gasteiger partial charge in [-0.25, -0.2) is 4.79 Å². The van der Waals surface area contributed by atoms with Gasteiger partial charge in [0.1, 0.15) is 11.3 Å². The van der Waals surface area contributed by atoms with Crippen molar-refractivity contribution in [2.24, 2.45) is 0 Å². The number of amides is 3. The van der Waals surface area contributed by atoms with E-state index in [-0.39, 0.29) is 5.11 Å². The van der Waals surface area contributed by atoms with Crippen LogP contribution in [0, 0.1) is 0 Å². The van der Waals surface area contributed by atoms with Crippen molar-refractivity contribution in [3.8, 4) is 5.75 Å². The number of rotatable bonds is 6. The quantitative estimate of drug-likeness (QED) is 0.497. The molecule has 2 rings (SSSR count). The Morgan fingerprint density at radius 1 is 1.40 bits per heavy atom. The maximum absolute atomic E-state index is 12.8. The van der Waals surface area contributed by atoms with Crippen molar-refractivity contribution >= 4 is 29.3 Å². The van der Waals surface area contributed by atoms with E-state index in [0.29, 0.717) is 17.9 Å². The number of likely N-dealkylation sites (N-methyl/N-ethyl adjacent to an activating group) is 1. The van der Waals surface area contributed by atoms with Crippen molar-refractivity contribution in [3.05, 3.63) is 29.8 Å². The summed E-state index contributed by atoms with van der Waals surface area (Å²) in [4.78, 5) is 27.0. The van der Waals surface area contributed by atoms with Crippen molar-refractivity contribution in [2.45, 2.75) is 12.5 Å². The van der Waals surface area contributed by atoms with E-state index in [2.05, 4.69) is 16.1 Å². The molecule has 0 spiro atoms. The largest absolute Gasteiger partial charge is 0.497 e. The summed E-state index contributed by atoms with van der Waals surface area (Å²) in [6.07, 6.45) is 0. The monoisotopic (exact) mass is 365 g/mol. The number of nitrogens with zero attached hydrogens (tertiary/aromatic N) is 2. The minimum Gasteiger partial charge on any atom is -0.497 e. The smallest absolute Gasteiger partial charge is 0.344 e. The maximum Gasteiger partial charge on any atom is 0.344 e. The first-order valence-electron chi connectivity index (χ1n) is 7.78. The molecule has 1 aromatic carbocycles. The molecule has 0 aliphatic carbocycles. The summed E-state index contributed by atoms with van der Waals surface area (Å²) >= 11 is 5.15. The fraction of sp³-hybridized carbons (Fsp3) is 0.438. The van der Waals surface area contributed by atoms with Crippen molar-refractivity contribution in [3.63, 3.8) is 0 Å². The molecule has 1 saturated heterocycles. The van der Waals surface area contributed by atoms with E-state index in [1.165, 1.54) is 0 Å². The van der Waals surface area contributed by atoms with Crippen LogP contribution in [-0.4, -0.2) is 61.3 Å². The second-order valence-corrected chi connectivity index (χ2v) is 6.51. The lowest BCUT2D eigenvalue weighted by Gasteiger charge is -2.23. The predicted octanol–water partition coefficient (Wildman–Crippen LogP) is 0.403. The second kappa shape index (κ2) is 7.66. The van der Waals surface area contributed by atoms with E-state index in [1.807, 2.05) is 19.0 Å². The van der Waals surface area contributed by atoms with Gasteiger partial charge in [-0.3, -0.25) is 10.2 Å². The fourth-order valence-corrected chi connectivity index (χ4v) is 2.60. The summed E-state index contributed by atoms with van der Waals surface area (Å²) in [5, 5.41) is 6.76. The van der Waals surface area contributed by atoms with Crippen LogP contribution in [0.1, 0.15) is 12.5 Å². The average molecular weight is 365 g/mol. The zero-order chi connectivity index (χ0) is 18.6. The van der Waals surface area contributed by atoms with E-state index < -0.39 is 17.5 Å². The van der Waals surface area contributed by atoms with Crippen LogP contribution in [0.15, 0.2) is 24.3 Å².